The molecule has 9 rings (SSSR count). The van der Waals surface area contributed by atoms with Crippen molar-refractivity contribution in [3.8, 4) is 22.3 Å². The third-order valence-electron chi connectivity index (χ3n) is 12.3. The number of hydrogen-bond donors (Lipinski definition) is 0. The van der Waals surface area contributed by atoms with Gasteiger partial charge in [0, 0.05) is 45.0 Å². The molecule has 0 heterocycles. The molecule has 278 valence electrons. The second-order valence-corrected chi connectivity index (χ2v) is 16.9. The number of benzene rings is 7. The minimum Gasteiger partial charge on any atom is -0.310 e. The molecule has 0 saturated carbocycles. The number of halogens is 2. The zero-order valence-electron chi connectivity index (χ0n) is 33.4. The molecule has 2 nitrogen and oxygen atoms in total. The largest absolute Gasteiger partial charge is 0.310 e. The van der Waals surface area contributed by atoms with Crippen molar-refractivity contribution in [2.75, 3.05) is 9.80 Å². The first kappa shape index (κ1) is 35.7. The van der Waals surface area contributed by atoms with Crippen LogP contribution in [0.25, 0.3) is 22.3 Å². The lowest BCUT2D eigenvalue weighted by molar-refractivity contribution is 0.627. The Balaban J connectivity index is 1.18. The molecule has 56 heavy (non-hydrogen) atoms. The van der Waals surface area contributed by atoms with Crippen LogP contribution in [0.3, 0.4) is 0 Å². The van der Waals surface area contributed by atoms with Gasteiger partial charge in [0.25, 0.3) is 0 Å². The number of anilines is 6. The Hall–Kier alpha value is -6.00. The van der Waals surface area contributed by atoms with Crippen LogP contribution in [0.4, 0.5) is 42.9 Å². The van der Waals surface area contributed by atoms with Crippen molar-refractivity contribution in [1.29, 1.82) is 0 Å². The van der Waals surface area contributed by atoms with Gasteiger partial charge in [-0.3, -0.25) is 0 Å². The van der Waals surface area contributed by atoms with Gasteiger partial charge in [0.15, 0.2) is 0 Å². The molecule has 0 fully saturated rings. The van der Waals surface area contributed by atoms with E-state index in [2.05, 4.69) is 150 Å². The van der Waals surface area contributed by atoms with Crippen molar-refractivity contribution in [3.05, 3.63) is 190 Å². The van der Waals surface area contributed by atoms with Crippen LogP contribution in [0.1, 0.15) is 72.2 Å². The molecule has 0 unspecified atom stereocenters. The third-order valence-corrected chi connectivity index (χ3v) is 12.3. The predicted octanol–water partition coefficient (Wildman–Crippen LogP) is 14.8. The lowest BCUT2D eigenvalue weighted by Crippen LogP contribution is -2.18. The SMILES string of the molecule is Cc1ccc(N(c2cccc(F)c2)c2cc(C)c3c(c2)C(C)(C)c2cc4c(cc2-3)C(C)(C)c2cc(N(c3ccc(C)cc3)c3cccc(F)c3)cc(C)c2-4)cc1. The maximum Gasteiger partial charge on any atom is 0.125 e. The Labute approximate surface area is 329 Å². The van der Waals surface area contributed by atoms with E-state index in [4.69, 9.17) is 0 Å². The highest BCUT2D eigenvalue weighted by Crippen LogP contribution is 2.59. The Kier molecular flexibility index (Phi) is 8.14. The zero-order chi connectivity index (χ0) is 39.3. The Bertz CT molecular complexity index is 2520. The minimum atomic E-state index is -0.290. The fourth-order valence-corrected chi connectivity index (χ4v) is 9.35. The van der Waals surface area contributed by atoms with Crippen LogP contribution in [0.5, 0.6) is 0 Å². The molecule has 0 radical (unpaired) electrons. The second-order valence-electron chi connectivity index (χ2n) is 16.9. The predicted molar refractivity (Wildman–Crippen MR) is 230 cm³/mol. The molecule has 0 saturated heterocycles. The molecule has 4 heteroatoms. The molecule has 0 amide bonds. The van der Waals surface area contributed by atoms with Gasteiger partial charge in [0.05, 0.1) is 0 Å². The molecule has 2 aliphatic rings. The quantitative estimate of drug-likeness (QED) is 0.168. The molecular weight excluding hydrogens is 691 g/mol. The standard InChI is InChI=1S/C52H46F2N2/c1-31-15-19-37(20-16-31)55(39-13-9-11-35(53)25-39)41-23-33(3)49-43-29-46-44(30-45(43)51(5,6)47(49)27-41)50-34(4)24-42(28-48(50)52(46,7)8)56(38-21-17-32(2)18-22-38)40-14-10-12-36(54)26-40/h9-30H,1-8H3. The van der Waals surface area contributed by atoms with E-state index in [1.54, 1.807) is 24.3 Å². The van der Waals surface area contributed by atoms with E-state index < -0.39 is 0 Å². The van der Waals surface area contributed by atoms with E-state index >= 15 is 0 Å². The highest BCUT2D eigenvalue weighted by Gasteiger charge is 2.43. The van der Waals surface area contributed by atoms with Crippen LogP contribution >= 0.6 is 0 Å². The number of hydrogen-bond acceptors (Lipinski definition) is 2. The monoisotopic (exact) mass is 736 g/mol. The average molecular weight is 737 g/mol. The summed E-state index contributed by atoms with van der Waals surface area (Å²) in [7, 11) is 0. The van der Waals surface area contributed by atoms with Crippen molar-refractivity contribution in [3.63, 3.8) is 0 Å². The van der Waals surface area contributed by atoms with Crippen LogP contribution in [-0.4, -0.2) is 0 Å². The second kappa shape index (κ2) is 12.8. The van der Waals surface area contributed by atoms with Gasteiger partial charge < -0.3 is 9.80 Å². The number of nitrogens with zero attached hydrogens (tertiary/aromatic N) is 2. The fourth-order valence-electron chi connectivity index (χ4n) is 9.35. The summed E-state index contributed by atoms with van der Waals surface area (Å²) in [4.78, 5) is 4.33. The van der Waals surface area contributed by atoms with Crippen LogP contribution in [0.2, 0.25) is 0 Å². The summed E-state index contributed by atoms with van der Waals surface area (Å²) in [6.07, 6.45) is 0. The number of aryl methyl sites for hydroxylation is 4. The highest BCUT2D eigenvalue weighted by atomic mass is 19.1. The smallest absolute Gasteiger partial charge is 0.125 e. The molecule has 0 aromatic heterocycles. The average Bonchev–Trinajstić information content (AvgIpc) is 3.52. The van der Waals surface area contributed by atoms with Crippen LogP contribution < -0.4 is 9.80 Å². The number of rotatable bonds is 6. The van der Waals surface area contributed by atoms with Crippen molar-refractivity contribution in [2.24, 2.45) is 0 Å². The molecule has 0 atom stereocenters. The summed E-state index contributed by atoms with van der Waals surface area (Å²) in [5, 5.41) is 0. The zero-order valence-corrected chi connectivity index (χ0v) is 33.4. The van der Waals surface area contributed by atoms with E-state index in [-0.39, 0.29) is 22.5 Å². The van der Waals surface area contributed by atoms with Crippen molar-refractivity contribution >= 4 is 34.1 Å². The summed E-state index contributed by atoms with van der Waals surface area (Å²) in [6.45, 7) is 17.9. The molecule has 0 aliphatic heterocycles. The maximum atomic E-state index is 14.7. The first-order valence-corrected chi connectivity index (χ1v) is 19.5. The van der Waals surface area contributed by atoms with E-state index in [0.717, 1.165) is 34.1 Å². The lowest BCUT2D eigenvalue weighted by atomic mass is 9.79. The molecule has 7 aromatic carbocycles. The Morgan fingerprint density at radius 3 is 1.11 bits per heavy atom. The highest BCUT2D eigenvalue weighted by molar-refractivity contribution is 5.94. The third kappa shape index (κ3) is 5.57. The molecular formula is C52H46F2N2. The van der Waals surface area contributed by atoms with E-state index in [1.165, 1.54) is 78.9 Å². The summed E-state index contributed by atoms with van der Waals surface area (Å²) in [5.74, 6) is -0.524. The molecule has 0 bridgehead atoms. The van der Waals surface area contributed by atoms with E-state index in [1.807, 2.05) is 12.1 Å². The van der Waals surface area contributed by atoms with E-state index in [9.17, 15) is 8.78 Å². The summed E-state index contributed by atoms with van der Waals surface area (Å²) in [5.41, 5.74) is 20.0. The maximum absolute atomic E-state index is 14.7. The van der Waals surface area contributed by atoms with Gasteiger partial charge in [0.2, 0.25) is 0 Å². The van der Waals surface area contributed by atoms with Gasteiger partial charge in [-0.15, -0.1) is 0 Å². The molecule has 2 aliphatic carbocycles. The number of fused-ring (bicyclic) bond motifs is 6. The van der Waals surface area contributed by atoms with Crippen molar-refractivity contribution in [2.45, 2.75) is 66.2 Å². The first-order chi connectivity index (χ1) is 26.7. The van der Waals surface area contributed by atoms with Gasteiger partial charge in [0.1, 0.15) is 11.6 Å². The summed E-state index contributed by atoms with van der Waals surface area (Å²) < 4.78 is 29.5. The van der Waals surface area contributed by atoms with Crippen molar-refractivity contribution in [1.82, 2.24) is 0 Å². The van der Waals surface area contributed by atoms with Gasteiger partial charge in [-0.1, -0.05) is 75.2 Å². The molecule has 7 aromatic rings. The molecule has 0 spiro atoms. The van der Waals surface area contributed by atoms with Crippen LogP contribution in [-0.2, 0) is 10.8 Å². The van der Waals surface area contributed by atoms with Gasteiger partial charge in [-0.2, -0.15) is 0 Å². The minimum absolute atomic E-state index is 0.262. The summed E-state index contributed by atoms with van der Waals surface area (Å²) in [6, 6.07) is 44.6. The Morgan fingerprint density at radius 1 is 0.375 bits per heavy atom. The van der Waals surface area contributed by atoms with Gasteiger partial charge >= 0.3 is 0 Å². The topological polar surface area (TPSA) is 6.48 Å². The van der Waals surface area contributed by atoms with Gasteiger partial charge in [-0.25, -0.2) is 8.78 Å². The lowest BCUT2D eigenvalue weighted by Gasteiger charge is -2.29. The fraction of sp³-hybridized carbons (Fsp3) is 0.192. The van der Waals surface area contributed by atoms with Crippen LogP contribution in [0, 0.1) is 39.3 Å². The van der Waals surface area contributed by atoms with Crippen LogP contribution in [0.15, 0.2) is 133 Å². The first-order valence-electron chi connectivity index (χ1n) is 19.5. The summed E-state index contributed by atoms with van der Waals surface area (Å²) >= 11 is 0. The Morgan fingerprint density at radius 2 is 0.750 bits per heavy atom. The van der Waals surface area contributed by atoms with Crippen molar-refractivity contribution < 1.29 is 8.78 Å². The normalized spacial score (nSPS) is 14.2. The van der Waals surface area contributed by atoms with E-state index in [0.29, 0.717) is 0 Å². The molecule has 0 N–H and O–H groups in total. The van der Waals surface area contributed by atoms with Gasteiger partial charge in [-0.05, 0) is 180 Å².